The molecule has 3 rings (SSSR count). The first-order chi connectivity index (χ1) is 15.0. The predicted octanol–water partition coefficient (Wildman–Crippen LogP) is 4.86. The van der Waals surface area contributed by atoms with Gasteiger partial charge in [0.1, 0.15) is 18.4 Å². The standard InChI is InChI=1S/C26H27NO4/c1-18(2)24(27-25(28)22-13-15-23(30-3)16-14-22)26(29)31-17-19-9-11-21(12-10-19)20-7-5-4-6-8-20/h4-16,18,24H,17H2,1-3H3,(H,27,28)/t24-/m0/s1. The summed E-state index contributed by atoms with van der Waals surface area (Å²) in [6.07, 6.45) is 0. The molecule has 5 heteroatoms. The molecule has 0 aromatic heterocycles. The summed E-state index contributed by atoms with van der Waals surface area (Å²) in [5.41, 5.74) is 3.57. The first-order valence-corrected chi connectivity index (χ1v) is 10.2. The number of ether oxygens (including phenoxy) is 2. The van der Waals surface area contributed by atoms with Gasteiger partial charge in [-0.1, -0.05) is 68.4 Å². The van der Waals surface area contributed by atoms with Gasteiger partial charge < -0.3 is 14.8 Å². The maximum Gasteiger partial charge on any atom is 0.329 e. The molecule has 1 N–H and O–H groups in total. The van der Waals surface area contributed by atoms with E-state index in [4.69, 9.17) is 9.47 Å². The Morgan fingerprint density at radius 1 is 0.839 bits per heavy atom. The fourth-order valence-corrected chi connectivity index (χ4v) is 3.13. The van der Waals surface area contributed by atoms with Crippen molar-refractivity contribution in [1.29, 1.82) is 0 Å². The maximum atomic E-state index is 12.7. The monoisotopic (exact) mass is 417 g/mol. The minimum atomic E-state index is -0.738. The Bertz CT molecular complexity index is 996. The van der Waals surface area contributed by atoms with Crippen LogP contribution in [-0.2, 0) is 16.1 Å². The van der Waals surface area contributed by atoms with Gasteiger partial charge in [0.15, 0.2) is 0 Å². The third-order valence-electron chi connectivity index (χ3n) is 5.00. The molecule has 0 aliphatic heterocycles. The molecular weight excluding hydrogens is 390 g/mol. The average molecular weight is 418 g/mol. The van der Waals surface area contributed by atoms with Crippen LogP contribution in [0.4, 0.5) is 0 Å². The van der Waals surface area contributed by atoms with E-state index in [-0.39, 0.29) is 18.4 Å². The Morgan fingerprint density at radius 2 is 1.45 bits per heavy atom. The molecule has 0 spiro atoms. The van der Waals surface area contributed by atoms with Gasteiger partial charge in [0.25, 0.3) is 5.91 Å². The number of amides is 1. The summed E-state index contributed by atoms with van der Waals surface area (Å²) in [5, 5.41) is 2.78. The molecule has 0 saturated heterocycles. The number of nitrogens with one attached hydrogen (secondary N) is 1. The Hall–Kier alpha value is -3.60. The molecule has 5 nitrogen and oxygen atoms in total. The number of rotatable bonds is 8. The number of benzene rings is 3. The van der Waals surface area contributed by atoms with Gasteiger partial charge in [0.2, 0.25) is 0 Å². The van der Waals surface area contributed by atoms with Crippen molar-refractivity contribution >= 4 is 11.9 Å². The van der Waals surface area contributed by atoms with E-state index in [9.17, 15) is 9.59 Å². The zero-order valence-electron chi connectivity index (χ0n) is 18.0. The first kappa shape index (κ1) is 22.1. The minimum Gasteiger partial charge on any atom is -0.497 e. The summed E-state index contributed by atoms with van der Waals surface area (Å²) < 4.78 is 10.6. The average Bonchev–Trinajstić information content (AvgIpc) is 2.81. The second kappa shape index (κ2) is 10.4. The Morgan fingerprint density at radius 3 is 2.03 bits per heavy atom. The summed E-state index contributed by atoms with van der Waals surface area (Å²) in [6, 6.07) is 24.0. The molecule has 0 aliphatic carbocycles. The molecule has 0 heterocycles. The first-order valence-electron chi connectivity index (χ1n) is 10.2. The molecule has 0 bridgehead atoms. The smallest absolute Gasteiger partial charge is 0.329 e. The lowest BCUT2D eigenvalue weighted by molar-refractivity contribution is -0.148. The molecule has 0 radical (unpaired) electrons. The van der Waals surface area contributed by atoms with Gasteiger partial charge in [-0.3, -0.25) is 4.79 Å². The van der Waals surface area contributed by atoms with Crippen molar-refractivity contribution < 1.29 is 19.1 Å². The van der Waals surface area contributed by atoms with Crippen molar-refractivity contribution in [2.45, 2.75) is 26.5 Å². The molecule has 1 atom stereocenters. The van der Waals surface area contributed by atoms with Crippen molar-refractivity contribution in [2.75, 3.05) is 7.11 Å². The lowest BCUT2D eigenvalue weighted by atomic mass is 10.0. The second-order valence-corrected chi connectivity index (χ2v) is 7.59. The van der Waals surface area contributed by atoms with E-state index >= 15 is 0 Å². The van der Waals surface area contributed by atoms with Gasteiger partial charge >= 0.3 is 5.97 Å². The Labute approximate surface area is 183 Å². The maximum absolute atomic E-state index is 12.7. The number of methoxy groups -OCH3 is 1. The highest BCUT2D eigenvalue weighted by Crippen LogP contribution is 2.20. The second-order valence-electron chi connectivity index (χ2n) is 7.59. The topological polar surface area (TPSA) is 64.6 Å². The highest BCUT2D eigenvalue weighted by Gasteiger charge is 2.26. The minimum absolute atomic E-state index is 0.116. The van der Waals surface area contributed by atoms with Gasteiger partial charge in [-0.2, -0.15) is 0 Å². The van der Waals surface area contributed by atoms with E-state index in [2.05, 4.69) is 5.32 Å². The molecule has 1 amide bonds. The quantitative estimate of drug-likeness (QED) is 0.532. The van der Waals surface area contributed by atoms with E-state index in [1.54, 1.807) is 31.4 Å². The molecule has 0 aliphatic rings. The molecule has 3 aromatic rings. The molecule has 31 heavy (non-hydrogen) atoms. The number of carbonyl (C=O) groups is 2. The van der Waals surface area contributed by atoms with E-state index in [1.165, 1.54) is 0 Å². The molecule has 0 saturated carbocycles. The molecule has 0 fully saturated rings. The summed E-state index contributed by atoms with van der Waals surface area (Å²) >= 11 is 0. The third kappa shape index (κ3) is 5.95. The van der Waals surface area contributed by atoms with Crippen molar-refractivity contribution in [3.8, 4) is 16.9 Å². The molecular formula is C26H27NO4. The Balaban J connectivity index is 1.59. The SMILES string of the molecule is COc1ccc(C(=O)N[C@H](C(=O)OCc2ccc(-c3ccccc3)cc2)C(C)C)cc1. The van der Waals surface area contributed by atoms with Crippen LogP contribution in [0.5, 0.6) is 5.75 Å². The van der Waals surface area contributed by atoms with Crippen LogP contribution >= 0.6 is 0 Å². The van der Waals surface area contributed by atoms with Crippen LogP contribution in [0.3, 0.4) is 0 Å². The number of hydrogen-bond donors (Lipinski definition) is 1. The van der Waals surface area contributed by atoms with Crippen LogP contribution in [0.25, 0.3) is 11.1 Å². The van der Waals surface area contributed by atoms with Crippen LogP contribution in [0.15, 0.2) is 78.9 Å². The lowest BCUT2D eigenvalue weighted by Crippen LogP contribution is -2.45. The zero-order valence-corrected chi connectivity index (χ0v) is 18.0. The largest absolute Gasteiger partial charge is 0.497 e. The van der Waals surface area contributed by atoms with Gasteiger partial charge in [-0.15, -0.1) is 0 Å². The van der Waals surface area contributed by atoms with E-state index in [1.807, 2.05) is 68.4 Å². The molecule has 3 aromatic carbocycles. The van der Waals surface area contributed by atoms with Crippen LogP contribution in [0, 0.1) is 5.92 Å². The summed E-state index contributed by atoms with van der Waals surface area (Å²) in [4.78, 5) is 25.2. The van der Waals surface area contributed by atoms with Crippen LogP contribution in [0.1, 0.15) is 29.8 Å². The highest BCUT2D eigenvalue weighted by molar-refractivity contribution is 5.96. The van der Waals surface area contributed by atoms with Gasteiger partial charge in [-0.05, 0) is 46.9 Å². The molecule has 0 unspecified atom stereocenters. The van der Waals surface area contributed by atoms with Crippen molar-refractivity contribution in [3.63, 3.8) is 0 Å². The zero-order chi connectivity index (χ0) is 22.2. The summed E-state index contributed by atoms with van der Waals surface area (Å²) in [7, 11) is 1.56. The predicted molar refractivity (Wildman–Crippen MR) is 121 cm³/mol. The fourth-order valence-electron chi connectivity index (χ4n) is 3.13. The van der Waals surface area contributed by atoms with E-state index in [0.29, 0.717) is 11.3 Å². The van der Waals surface area contributed by atoms with Crippen LogP contribution < -0.4 is 10.1 Å². The van der Waals surface area contributed by atoms with Gasteiger partial charge in [-0.25, -0.2) is 4.79 Å². The van der Waals surface area contributed by atoms with E-state index in [0.717, 1.165) is 16.7 Å². The van der Waals surface area contributed by atoms with Crippen molar-refractivity contribution in [2.24, 2.45) is 5.92 Å². The third-order valence-corrected chi connectivity index (χ3v) is 5.00. The Kier molecular flexibility index (Phi) is 7.44. The van der Waals surface area contributed by atoms with Crippen molar-refractivity contribution in [3.05, 3.63) is 90.0 Å². The van der Waals surface area contributed by atoms with E-state index < -0.39 is 12.0 Å². The summed E-state index contributed by atoms with van der Waals surface area (Å²) in [5.74, 6) is -0.237. The van der Waals surface area contributed by atoms with Crippen LogP contribution in [0.2, 0.25) is 0 Å². The normalized spacial score (nSPS) is 11.6. The van der Waals surface area contributed by atoms with Crippen LogP contribution in [-0.4, -0.2) is 25.0 Å². The number of carbonyl (C=O) groups excluding carboxylic acids is 2. The lowest BCUT2D eigenvalue weighted by Gasteiger charge is -2.21. The van der Waals surface area contributed by atoms with Gasteiger partial charge in [0, 0.05) is 5.56 Å². The molecule has 160 valence electrons. The summed E-state index contributed by atoms with van der Waals surface area (Å²) in [6.45, 7) is 3.89. The van der Waals surface area contributed by atoms with Crippen molar-refractivity contribution in [1.82, 2.24) is 5.32 Å². The fraction of sp³-hybridized carbons (Fsp3) is 0.231. The highest BCUT2D eigenvalue weighted by atomic mass is 16.5. The van der Waals surface area contributed by atoms with Gasteiger partial charge in [0.05, 0.1) is 7.11 Å². The number of hydrogen-bond acceptors (Lipinski definition) is 4. The number of esters is 1.